The monoisotopic (exact) mass is 247 g/mol. The molecule has 2 rings (SSSR count). The number of rotatable bonds is 4. The van der Waals surface area contributed by atoms with Crippen LogP contribution < -0.4 is 5.32 Å². The predicted octanol–water partition coefficient (Wildman–Crippen LogP) is 2.81. The number of aryl methyl sites for hydroxylation is 2. The van der Waals surface area contributed by atoms with Crippen molar-refractivity contribution >= 4 is 11.4 Å². The number of aromatic nitrogens is 1. The van der Waals surface area contributed by atoms with Crippen LogP contribution in [0.15, 0.2) is 28.8 Å². The van der Waals surface area contributed by atoms with E-state index >= 15 is 0 Å². The van der Waals surface area contributed by atoms with Crippen LogP contribution in [0, 0.1) is 24.0 Å². The summed E-state index contributed by atoms with van der Waals surface area (Å²) in [5, 5.41) is 13.7. The molecule has 0 aliphatic heterocycles. The van der Waals surface area contributed by atoms with Crippen LogP contribution in [-0.4, -0.2) is 9.91 Å². The number of hydrogen-bond acceptors (Lipinski definition) is 5. The van der Waals surface area contributed by atoms with E-state index in [1.165, 1.54) is 12.1 Å². The van der Waals surface area contributed by atoms with E-state index in [1.54, 1.807) is 12.3 Å². The van der Waals surface area contributed by atoms with Crippen LogP contribution in [0.5, 0.6) is 0 Å². The maximum atomic E-state index is 10.6. The Morgan fingerprint density at radius 1 is 1.44 bits per heavy atom. The summed E-state index contributed by atoms with van der Waals surface area (Å²) in [7, 11) is 0. The molecule has 18 heavy (non-hydrogen) atoms. The highest BCUT2D eigenvalue weighted by Crippen LogP contribution is 2.21. The van der Waals surface area contributed by atoms with Gasteiger partial charge in [0.2, 0.25) is 5.89 Å². The minimum atomic E-state index is -0.409. The van der Waals surface area contributed by atoms with Gasteiger partial charge in [-0.25, -0.2) is 4.98 Å². The van der Waals surface area contributed by atoms with Gasteiger partial charge in [0, 0.05) is 17.8 Å². The van der Waals surface area contributed by atoms with Gasteiger partial charge in [0.1, 0.15) is 5.76 Å². The predicted molar refractivity (Wildman–Crippen MR) is 66.4 cm³/mol. The summed E-state index contributed by atoms with van der Waals surface area (Å²) in [6.45, 7) is 4.09. The zero-order valence-corrected chi connectivity index (χ0v) is 10.1. The van der Waals surface area contributed by atoms with Gasteiger partial charge < -0.3 is 9.73 Å². The van der Waals surface area contributed by atoms with Gasteiger partial charge in [0.15, 0.2) is 0 Å². The molecule has 0 amide bonds. The number of nitrogens with zero attached hydrogens (tertiary/aromatic N) is 2. The zero-order chi connectivity index (χ0) is 13.1. The van der Waals surface area contributed by atoms with Gasteiger partial charge in [-0.1, -0.05) is 0 Å². The molecule has 2 aromatic rings. The second kappa shape index (κ2) is 4.87. The van der Waals surface area contributed by atoms with Gasteiger partial charge in [-0.2, -0.15) is 0 Å². The van der Waals surface area contributed by atoms with Crippen molar-refractivity contribution in [3.05, 3.63) is 51.7 Å². The SMILES string of the molecule is Cc1cnc(CNc2ccc([N+](=O)[O-])cc2C)o1. The summed E-state index contributed by atoms with van der Waals surface area (Å²) >= 11 is 0. The first kappa shape index (κ1) is 12.1. The van der Waals surface area contributed by atoms with E-state index in [4.69, 9.17) is 4.42 Å². The molecule has 0 aliphatic rings. The van der Waals surface area contributed by atoms with Crippen molar-refractivity contribution in [2.75, 3.05) is 5.32 Å². The van der Waals surface area contributed by atoms with Crippen LogP contribution in [0.4, 0.5) is 11.4 Å². The molecule has 94 valence electrons. The largest absolute Gasteiger partial charge is 0.444 e. The first-order chi connectivity index (χ1) is 8.56. The standard InChI is InChI=1S/C12H13N3O3/c1-8-5-10(15(16)17)3-4-11(8)13-7-12-14-6-9(2)18-12/h3-6,13H,7H2,1-2H3. The summed E-state index contributed by atoms with van der Waals surface area (Å²) < 4.78 is 5.33. The maximum Gasteiger partial charge on any atom is 0.269 e. The molecule has 1 aromatic heterocycles. The number of non-ortho nitro benzene ring substituents is 1. The van der Waals surface area contributed by atoms with E-state index in [2.05, 4.69) is 10.3 Å². The average Bonchev–Trinajstić information content (AvgIpc) is 2.73. The van der Waals surface area contributed by atoms with Gasteiger partial charge in [-0.15, -0.1) is 0 Å². The van der Waals surface area contributed by atoms with Gasteiger partial charge in [-0.05, 0) is 25.5 Å². The van der Waals surface area contributed by atoms with E-state index in [9.17, 15) is 10.1 Å². The Hall–Kier alpha value is -2.37. The molecule has 1 heterocycles. The fourth-order valence-corrected chi connectivity index (χ4v) is 1.61. The number of anilines is 1. The Morgan fingerprint density at radius 3 is 2.78 bits per heavy atom. The van der Waals surface area contributed by atoms with E-state index in [0.29, 0.717) is 12.4 Å². The van der Waals surface area contributed by atoms with Crippen molar-refractivity contribution in [1.29, 1.82) is 0 Å². The van der Waals surface area contributed by atoms with Crippen molar-refractivity contribution in [1.82, 2.24) is 4.98 Å². The lowest BCUT2D eigenvalue weighted by molar-refractivity contribution is -0.384. The highest BCUT2D eigenvalue weighted by Gasteiger charge is 2.08. The van der Waals surface area contributed by atoms with E-state index < -0.39 is 4.92 Å². The second-order valence-corrected chi connectivity index (χ2v) is 3.97. The normalized spacial score (nSPS) is 10.3. The second-order valence-electron chi connectivity index (χ2n) is 3.97. The molecule has 1 aromatic carbocycles. The topological polar surface area (TPSA) is 81.2 Å². The van der Waals surface area contributed by atoms with Gasteiger partial charge in [0.25, 0.3) is 5.69 Å². The van der Waals surface area contributed by atoms with E-state index in [-0.39, 0.29) is 5.69 Å². The Bertz CT molecular complexity index is 578. The zero-order valence-electron chi connectivity index (χ0n) is 10.1. The molecule has 1 N–H and O–H groups in total. The summed E-state index contributed by atoms with van der Waals surface area (Å²) in [5.74, 6) is 1.34. The molecule has 6 nitrogen and oxygen atoms in total. The van der Waals surface area contributed by atoms with Crippen LogP contribution in [0.2, 0.25) is 0 Å². The minimum Gasteiger partial charge on any atom is -0.444 e. The maximum absolute atomic E-state index is 10.6. The summed E-state index contributed by atoms with van der Waals surface area (Å²) in [6, 6.07) is 4.68. The molecule has 0 fully saturated rings. The molecule has 0 saturated carbocycles. The third-order valence-corrected chi connectivity index (χ3v) is 2.52. The molecule has 0 saturated heterocycles. The molecule has 0 spiro atoms. The Balaban J connectivity index is 2.08. The number of benzene rings is 1. The molecule has 0 bridgehead atoms. The summed E-state index contributed by atoms with van der Waals surface area (Å²) in [5.41, 5.74) is 1.73. The number of oxazole rings is 1. The van der Waals surface area contributed by atoms with Gasteiger partial charge >= 0.3 is 0 Å². The van der Waals surface area contributed by atoms with Crippen LogP contribution in [-0.2, 0) is 6.54 Å². The van der Waals surface area contributed by atoms with Gasteiger partial charge in [-0.3, -0.25) is 10.1 Å². The molecule has 0 radical (unpaired) electrons. The Labute approximate surface area is 104 Å². The average molecular weight is 247 g/mol. The van der Waals surface area contributed by atoms with Crippen LogP contribution in [0.1, 0.15) is 17.2 Å². The summed E-state index contributed by atoms with van der Waals surface area (Å²) in [6.07, 6.45) is 1.65. The Kier molecular flexibility index (Phi) is 3.27. The number of hydrogen-bond donors (Lipinski definition) is 1. The lowest BCUT2D eigenvalue weighted by Gasteiger charge is -2.07. The van der Waals surface area contributed by atoms with Crippen LogP contribution in [0.25, 0.3) is 0 Å². The Morgan fingerprint density at radius 2 is 2.22 bits per heavy atom. The third-order valence-electron chi connectivity index (χ3n) is 2.52. The van der Waals surface area contributed by atoms with Crippen LogP contribution in [0.3, 0.4) is 0 Å². The minimum absolute atomic E-state index is 0.0880. The van der Waals surface area contributed by atoms with Crippen molar-refractivity contribution < 1.29 is 9.34 Å². The fourth-order valence-electron chi connectivity index (χ4n) is 1.61. The molecular weight excluding hydrogens is 234 g/mol. The van der Waals surface area contributed by atoms with Crippen molar-refractivity contribution in [2.24, 2.45) is 0 Å². The molecule has 0 aliphatic carbocycles. The first-order valence-electron chi connectivity index (χ1n) is 5.46. The lowest BCUT2D eigenvalue weighted by atomic mass is 10.2. The number of nitro benzene ring substituents is 1. The van der Waals surface area contributed by atoms with E-state index in [0.717, 1.165) is 17.0 Å². The van der Waals surface area contributed by atoms with E-state index in [1.807, 2.05) is 13.8 Å². The molecular formula is C12H13N3O3. The smallest absolute Gasteiger partial charge is 0.269 e. The molecule has 6 heteroatoms. The van der Waals surface area contributed by atoms with Crippen molar-refractivity contribution in [2.45, 2.75) is 20.4 Å². The third kappa shape index (κ3) is 2.65. The number of nitrogens with one attached hydrogen (secondary N) is 1. The quantitative estimate of drug-likeness (QED) is 0.663. The van der Waals surface area contributed by atoms with Gasteiger partial charge in [0.05, 0.1) is 17.7 Å². The molecule has 0 atom stereocenters. The van der Waals surface area contributed by atoms with Crippen LogP contribution >= 0.6 is 0 Å². The van der Waals surface area contributed by atoms with Crippen molar-refractivity contribution in [3.8, 4) is 0 Å². The fraction of sp³-hybridized carbons (Fsp3) is 0.250. The highest BCUT2D eigenvalue weighted by atomic mass is 16.6. The lowest BCUT2D eigenvalue weighted by Crippen LogP contribution is -2.01. The highest BCUT2D eigenvalue weighted by molar-refractivity contribution is 5.55. The number of nitro groups is 1. The first-order valence-corrected chi connectivity index (χ1v) is 5.46. The van der Waals surface area contributed by atoms with Crippen molar-refractivity contribution in [3.63, 3.8) is 0 Å². The summed E-state index contributed by atoms with van der Waals surface area (Å²) in [4.78, 5) is 14.3. The molecule has 0 unspecified atom stereocenters.